The Balaban J connectivity index is 2.85. The van der Waals surface area contributed by atoms with Crippen LogP contribution in [0.3, 0.4) is 0 Å². The summed E-state index contributed by atoms with van der Waals surface area (Å²) in [7, 11) is -2.97. The Morgan fingerprint density at radius 3 is 2.15 bits per heavy atom. The lowest BCUT2D eigenvalue weighted by atomic mass is 9.80. The standard InChI is InChI=1S/C9H19NO2S/c1-6-4-7(2)9(8(10)5-6)13(3,11)12/h6-9H,4-5,10H2,1-3H3. The molecule has 4 atom stereocenters. The van der Waals surface area contributed by atoms with E-state index in [1.54, 1.807) is 0 Å². The minimum atomic E-state index is -2.97. The van der Waals surface area contributed by atoms with Crippen LogP contribution in [-0.4, -0.2) is 26.0 Å². The van der Waals surface area contributed by atoms with Gasteiger partial charge in [-0.05, 0) is 24.7 Å². The molecule has 0 radical (unpaired) electrons. The number of hydrogen-bond acceptors (Lipinski definition) is 3. The molecule has 0 heterocycles. The third-order valence-electron chi connectivity index (χ3n) is 2.93. The SMILES string of the molecule is CC1CC(C)C(S(C)(=O)=O)C(N)C1. The molecule has 4 unspecified atom stereocenters. The Morgan fingerprint density at radius 2 is 1.77 bits per heavy atom. The molecule has 0 aromatic heterocycles. The summed E-state index contributed by atoms with van der Waals surface area (Å²) < 4.78 is 22.9. The van der Waals surface area contributed by atoms with Gasteiger partial charge in [0, 0.05) is 12.3 Å². The molecule has 0 saturated heterocycles. The molecule has 4 heteroatoms. The normalized spacial score (nSPS) is 41.8. The Kier molecular flexibility index (Phi) is 3.02. The molecule has 0 aliphatic heterocycles. The van der Waals surface area contributed by atoms with E-state index in [2.05, 4.69) is 6.92 Å². The van der Waals surface area contributed by atoms with Crippen molar-refractivity contribution in [3.05, 3.63) is 0 Å². The molecular formula is C9H19NO2S. The molecule has 3 nitrogen and oxygen atoms in total. The summed E-state index contributed by atoms with van der Waals surface area (Å²) >= 11 is 0. The topological polar surface area (TPSA) is 60.2 Å². The van der Waals surface area contributed by atoms with E-state index in [0.29, 0.717) is 5.92 Å². The van der Waals surface area contributed by atoms with Gasteiger partial charge in [-0.1, -0.05) is 13.8 Å². The maximum absolute atomic E-state index is 11.4. The van der Waals surface area contributed by atoms with E-state index in [0.717, 1.165) is 12.8 Å². The predicted molar refractivity (Wildman–Crippen MR) is 54.2 cm³/mol. The largest absolute Gasteiger partial charge is 0.327 e. The molecule has 0 spiro atoms. The van der Waals surface area contributed by atoms with E-state index in [4.69, 9.17) is 5.73 Å². The number of nitrogens with two attached hydrogens (primary N) is 1. The first-order valence-corrected chi connectivity index (χ1v) is 6.72. The quantitative estimate of drug-likeness (QED) is 0.688. The Bertz CT molecular complexity index is 261. The second-order valence-electron chi connectivity index (χ2n) is 4.51. The lowest BCUT2D eigenvalue weighted by Crippen LogP contribution is -2.48. The highest BCUT2D eigenvalue weighted by atomic mass is 32.2. The number of rotatable bonds is 1. The average molecular weight is 205 g/mol. The van der Waals surface area contributed by atoms with Crippen LogP contribution < -0.4 is 5.73 Å². The molecular weight excluding hydrogens is 186 g/mol. The van der Waals surface area contributed by atoms with Gasteiger partial charge in [-0.3, -0.25) is 0 Å². The van der Waals surface area contributed by atoms with Crippen molar-refractivity contribution in [1.29, 1.82) is 0 Å². The van der Waals surface area contributed by atoms with Gasteiger partial charge in [0.05, 0.1) is 5.25 Å². The van der Waals surface area contributed by atoms with Crippen molar-refractivity contribution in [3.63, 3.8) is 0 Å². The van der Waals surface area contributed by atoms with Crippen LogP contribution in [0.4, 0.5) is 0 Å². The van der Waals surface area contributed by atoms with Gasteiger partial charge < -0.3 is 5.73 Å². The molecule has 1 rings (SSSR count). The fraction of sp³-hybridized carbons (Fsp3) is 1.00. The van der Waals surface area contributed by atoms with Gasteiger partial charge in [-0.15, -0.1) is 0 Å². The molecule has 1 aliphatic rings. The van der Waals surface area contributed by atoms with Crippen LogP contribution in [0, 0.1) is 11.8 Å². The first-order chi connectivity index (χ1) is 5.82. The lowest BCUT2D eigenvalue weighted by Gasteiger charge is -2.36. The van der Waals surface area contributed by atoms with Gasteiger partial charge in [-0.2, -0.15) is 0 Å². The molecule has 78 valence electrons. The fourth-order valence-electron chi connectivity index (χ4n) is 2.63. The van der Waals surface area contributed by atoms with Crippen molar-refractivity contribution in [2.45, 2.75) is 38.0 Å². The molecule has 0 aromatic rings. The predicted octanol–water partition coefficient (Wildman–Crippen LogP) is 0.793. The van der Waals surface area contributed by atoms with Crippen molar-refractivity contribution in [3.8, 4) is 0 Å². The van der Waals surface area contributed by atoms with Crippen molar-refractivity contribution < 1.29 is 8.42 Å². The smallest absolute Gasteiger partial charge is 0.152 e. The first-order valence-electron chi connectivity index (χ1n) is 4.76. The average Bonchev–Trinajstić information content (AvgIpc) is 1.78. The van der Waals surface area contributed by atoms with Crippen LogP contribution >= 0.6 is 0 Å². The summed E-state index contributed by atoms with van der Waals surface area (Å²) in [6.45, 7) is 4.12. The third kappa shape index (κ3) is 2.44. The Hall–Kier alpha value is -0.0900. The van der Waals surface area contributed by atoms with Gasteiger partial charge in [0.1, 0.15) is 0 Å². The maximum atomic E-state index is 11.4. The van der Waals surface area contributed by atoms with Crippen molar-refractivity contribution in [1.82, 2.24) is 0 Å². The van der Waals surface area contributed by atoms with Crippen molar-refractivity contribution in [2.24, 2.45) is 17.6 Å². The number of hydrogen-bond donors (Lipinski definition) is 1. The monoisotopic (exact) mass is 205 g/mol. The molecule has 0 bridgehead atoms. The highest BCUT2D eigenvalue weighted by molar-refractivity contribution is 7.91. The van der Waals surface area contributed by atoms with Crippen molar-refractivity contribution >= 4 is 9.84 Å². The summed E-state index contributed by atoms with van der Waals surface area (Å²) in [5.41, 5.74) is 5.87. The van der Waals surface area contributed by atoms with Gasteiger partial charge >= 0.3 is 0 Å². The van der Waals surface area contributed by atoms with Crippen molar-refractivity contribution in [2.75, 3.05) is 6.26 Å². The van der Waals surface area contributed by atoms with Gasteiger partial charge in [0.25, 0.3) is 0 Å². The second kappa shape index (κ2) is 3.58. The van der Waals surface area contributed by atoms with Crippen LogP contribution in [-0.2, 0) is 9.84 Å². The summed E-state index contributed by atoms with van der Waals surface area (Å²) in [6, 6.07) is -0.172. The number of sulfone groups is 1. The van der Waals surface area contributed by atoms with Gasteiger partial charge in [-0.25, -0.2) is 8.42 Å². The van der Waals surface area contributed by atoms with E-state index in [1.165, 1.54) is 6.26 Å². The zero-order chi connectivity index (χ0) is 10.2. The van der Waals surface area contributed by atoms with E-state index in [-0.39, 0.29) is 17.2 Å². The Morgan fingerprint density at radius 1 is 1.23 bits per heavy atom. The fourth-order valence-corrected chi connectivity index (χ4v) is 4.33. The van der Waals surface area contributed by atoms with Gasteiger partial charge in [0.15, 0.2) is 9.84 Å². The van der Waals surface area contributed by atoms with E-state index in [9.17, 15) is 8.42 Å². The van der Waals surface area contributed by atoms with E-state index >= 15 is 0 Å². The maximum Gasteiger partial charge on any atom is 0.152 e. The minimum Gasteiger partial charge on any atom is -0.327 e. The molecule has 1 aliphatic carbocycles. The summed E-state index contributed by atoms with van der Waals surface area (Å²) in [4.78, 5) is 0. The lowest BCUT2D eigenvalue weighted by molar-refractivity contribution is 0.272. The molecule has 1 saturated carbocycles. The van der Waals surface area contributed by atoms with Crippen LogP contribution in [0.1, 0.15) is 26.7 Å². The minimum absolute atomic E-state index is 0.172. The molecule has 1 fully saturated rings. The van der Waals surface area contributed by atoms with Gasteiger partial charge in [0.2, 0.25) is 0 Å². The molecule has 13 heavy (non-hydrogen) atoms. The van der Waals surface area contributed by atoms with E-state index < -0.39 is 9.84 Å². The van der Waals surface area contributed by atoms with E-state index in [1.807, 2.05) is 6.92 Å². The molecule has 2 N–H and O–H groups in total. The zero-order valence-electron chi connectivity index (χ0n) is 8.53. The highest BCUT2D eigenvalue weighted by Gasteiger charge is 2.38. The molecule has 0 aromatic carbocycles. The van der Waals surface area contributed by atoms with Crippen LogP contribution in [0.2, 0.25) is 0 Å². The highest BCUT2D eigenvalue weighted by Crippen LogP contribution is 2.31. The van der Waals surface area contributed by atoms with Crippen LogP contribution in [0.15, 0.2) is 0 Å². The Labute approximate surface area is 80.6 Å². The second-order valence-corrected chi connectivity index (χ2v) is 6.72. The summed E-state index contributed by atoms with van der Waals surface area (Å²) in [6.07, 6.45) is 3.11. The zero-order valence-corrected chi connectivity index (χ0v) is 9.34. The van der Waals surface area contributed by atoms with Crippen LogP contribution in [0.5, 0.6) is 0 Å². The van der Waals surface area contributed by atoms with Crippen LogP contribution in [0.25, 0.3) is 0 Å². The summed E-state index contributed by atoms with van der Waals surface area (Å²) in [5.74, 6) is 0.761. The molecule has 0 amide bonds. The first kappa shape index (κ1) is 11.0. The third-order valence-corrected chi connectivity index (χ3v) is 4.73. The summed E-state index contributed by atoms with van der Waals surface area (Å²) in [5, 5.41) is -0.330.